The van der Waals surface area contributed by atoms with Gasteiger partial charge >= 0.3 is 0 Å². The first-order valence-electron chi connectivity index (χ1n) is 6.72. The maximum atomic E-state index is 11.8. The summed E-state index contributed by atoms with van der Waals surface area (Å²) in [5, 5.41) is 2.74. The van der Waals surface area contributed by atoms with Gasteiger partial charge < -0.3 is 5.32 Å². The van der Waals surface area contributed by atoms with Crippen molar-refractivity contribution in [3.63, 3.8) is 0 Å². The van der Waals surface area contributed by atoms with E-state index in [2.05, 4.69) is 5.32 Å². The molecule has 0 spiro atoms. The third-order valence-corrected chi connectivity index (χ3v) is 3.14. The van der Waals surface area contributed by atoms with Gasteiger partial charge in [0.15, 0.2) is 5.78 Å². The molecule has 1 aliphatic carbocycles. The van der Waals surface area contributed by atoms with Crippen LogP contribution < -0.4 is 5.32 Å². The Balaban J connectivity index is 1.82. The Bertz CT molecular complexity index is 484. The third kappa shape index (κ3) is 4.36. The Kier molecular flexibility index (Phi) is 4.50. The van der Waals surface area contributed by atoms with Crippen LogP contribution in [0.5, 0.6) is 0 Å². The molecule has 1 aromatic carbocycles. The summed E-state index contributed by atoms with van der Waals surface area (Å²) in [5.41, 5.74) is 1.90. The number of Topliss-reactive ketones (excluding diaryl/α,β-unsaturated/α-hetero) is 1. The van der Waals surface area contributed by atoms with Crippen LogP contribution >= 0.6 is 0 Å². The molecule has 2 rings (SSSR count). The van der Waals surface area contributed by atoms with Crippen molar-refractivity contribution in [2.45, 2.75) is 26.2 Å². The number of benzene rings is 1. The summed E-state index contributed by atoms with van der Waals surface area (Å²) in [5.74, 6) is 0.552. The molecule has 0 unspecified atom stereocenters. The molecule has 0 aliphatic heterocycles. The molecule has 1 aromatic rings. The molecule has 100 valence electrons. The first-order chi connectivity index (χ1) is 9.16. The van der Waals surface area contributed by atoms with Gasteiger partial charge in [-0.2, -0.15) is 0 Å². The molecule has 0 saturated heterocycles. The summed E-state index contributed by atoms with van der Waals surface area (Å²) in [6, 6.07) is 7.72. The summed E-state index contributed by atoms with van der Waals surface area (Å²) in [4.78, 5) is 22.5. The highest BCUT2D eigenvalue weighted by Crippen LogP contribution is 2.32. The molecule has 1 fully saturated rings. The number of ketones is 1. The highest BCUT2D eigenvalue weighted by Gasteiger charge is 2.30. The van der Waals surface area contributed by atoms with Crippen LogP contribution in [0.25, 0.3) is 6.08 Å². The predicted octanol–water partition coefficient (Wildman–Crippen LogP) is 2.82. The van der Waals surface area contributed by atoms with E-state index < -0.39 is 0 Å². The van der Waals surface area contributed by atoms with Crippen molar-refractivity contribution in [1.82, 2.24) is 5.32 Å². The van der Waals surface area contributed by atoms with E-state index >= 15 is 0 Å². The zero-order valence-corrected chi connectivity index (χ0v) is 11.2. The van der Waals surface area contributed by atoms with Crippen molar-refractivity contribution in [3.05, 3.63) is 41.5 Å². The Morgan fingerprint density at radius 2 is 1.95 bits per heavy atom. The maximum absolute atomic E-state index is 11.8. The van der Waals surface area contributed by atoms with E-state index in [0.717, 1.165) is 30.4 Å². The molecule has 0 aromatic heterocycles. The summed E-state index contributed by atoms with van der Waals surface area (Å²) < 4.78 is 0. The number of nitrogens with one attached hydrogen (secondary N) is 1. The number of hydrogen-bond acceptors (Lipinski definition) is 2. The number of carbonyl (C=O) groups excluding carboxylic acids is 2. The second-order valence-corrected chi connectivity index (χ2v) is 4.93. The van der Waals surface area contributed by atoms with Gasteiger partial charge in [-0.25, -0.2) is 0 Å². The van der Waals surface area contributed by atoms with Crippen LogP contribution in [0.2, 0.25) is 0 Å². The SMILES string of the molecule is CC(=O)NCCC=Cc1ccc(C(=O)C2CC2)cc1. The largest absolute Gasteiger partial charge is 0.356 e. The Morgan fingerprint density at radius 1 is 1.26 bits per heavy atom. The Labute approximate surface area is 113 Å². The lowest BCUT2D eigenvalue weighted by Gasteiger charge is -2.00. The van der Waals surface area contributed by atoms with Crippen LogP contribution in [0.4, 0.5) is 0 Å². The van der Waals surface area contributed by atoms with Gasteiger partial charge in [0.25, 0.3) is 0 Å². The fourth-order valence-electron chi connectivity index (χ4n) is 1.89. The minimum absolute atomic E-state index is 0.00339. The zero-order chi connectivity index (χ0) is 13.7. The number of rotatable bonds is 6. The number of carbonyl (C=O) groups is 2. The molecular weight excluding hydrogens is 238 g/mol. The van der Waals surface area contributed by atoms with E-state index in [1.165, 1.54) is 6.92 Å². The molecule has 1 saturated carbocycles. The maximum Gasteiger partial charge on any atom is 0.216 e. The van der Waals surface area contributed by atoms with Crippen LogP contribution in [0.3, 0.4) is 0 Å². The van der Waals surface area contributed by atoms with Crippen molar-refractivity contribution < 1.29 is 9.59 Å². The average molecular weight is 257 g/mol. The van der Waals surface area contributed by atoms with E-state index in [-0.39, 0.29) is 17.6 Å². The van der Waals surface area contributed by atoms with E-state index in [1.807, 2.05) is 36.4 Å². The molecule has 3 nitrogen and oxygen atoms in total. The monoisotopic (exact) mass is 257 g/mol. The van der Waals surface area contributed by atoms with E-state index in [4.69, 9.17) is 0 Å². The van der Waals surface area contributed by atoms with E-state index in [1.54, 1.807) is 0 Å². The van der Waals surface area contributed by atoms with Gasteiger partial charge in [0, 0.05) is 24.9 Å². The average Bonchev–Trinajstić information content (AvgIpc) is 3.22. The molecule has 1 amide bonds. The van der Waals surface area contributed by atoms with Crippen molar-refractivity contribution in [3.8, 4) is 0 Å². The molecule has 0 atom stereocenters. The Morgan fingerprint density at radius 3 is 2.53 bits per heavy atom. The van der Waals surface area contributed by atoms with Crippen molar-refractivity contribution in [2.24, 2.45) is 5.92 Å². The van der Waals surface area contributed by atoms with Crippen LogP contribution in [-0.4, -0.2) is 18.2 Å². The van der Waals surface area contributed by atoms with Gasteiger partial charge in [-0.1, -0.05) is 36.4 Å². The minimum Gasteiger partial charge on any atom is -0.356 e. The highest BCUT2D eigenvalue weighted by molar-refractivity contribution is 5.99. The lowest BCUT2D eigenvalue weighted by Crippen LogP contribution is -2.20. The minimum atomic E-state index is -0.00339. The summed E-state index contributed by atoms with van der Waals surface area (Å²) >= 11 is 0. The van der Waals surface area contributed by atoms with Crippen LogP contribution in [-0.2, 0) is 4.79 Å². The van der Waals surface area contributed by atoms with Crippen molar-refractivity contribution in [1.29, 1.82) is 0 Å². The highest BCUT2D eigenvalue weighted by atomic mass is 16.1. The molecule has 1 aliphatic rings. The van der Waals surface area contributed by atoms with Gasteiger partial charge in [-0.05, 0) is 24.8 Å². The molecule has 19 heavy (non-hydrogen) atoms. The molecule has 0 bridgehead atoms. The van der Waals surface area contributed by atoms with Gasteiger partial charge in [0.05, 0.1) is 0 Å². The predicted molar refractivity (Wildman–Crippen MR) is 75.8 cm³/mol. The first kappa shape index (κ1) is 13.5. The molecule has 0 heterocycles. The molecular formula is C16H19NO2. The van der Waals surface area contributed by atoms with Gasteiger partial charge in [0.1, 0.15) is 0 Å². The summed E-state index contributed by atoms with van der Waals surface area (Å²) in [7, 11) is 0. The zero-order valence-electron chi connectivity index (χ0n) is 11.2. The topological polar surface area (TPSA) is 46.2 Å². The standard InChI is InChI=1S/C16H19NO2/c1-12(18)17-11-3-2-4-13-5-7-14(8-6-13)16(19)15-9-10-15/h2,4-8,15H,3,9-11H2,1H3,(H,17,18). The Hall–Kier alpha value is -1.90. The second kappa shape index (κ2) is 6.32. The third-order valence-electron chi connectivity index (χ3n) is 3.14. The second-order valence-electron chi connectivity index (χ2n) is 4.93. The van der Waals surface area contributed by atoms with Gasteiger partial charge in [-0.15, -0.1) is 0 Å². The van der Waals surface area contributed by atoms with Crippen molar-refractivity contribution in [2.75, 3.05) is 6.54 Å². The van der Waals surface area contributed by atoms with Crippen LogP contribution in [0.15, 0.2) is 30.3 Å². The van der Waals surface area contributed by atoms with Crippen molar-refractivity contribution >= 4 is 17.8 Å². The molecule has 3 heteroatoms. The van der Waals surface area contributed by atoms with Crippen LogP contribution in [0, 0.1) is 5.92 Å². The smallest absolute Gasteiger partial charge is 0.216 e. The molecule has 1 N–H and O–H groups in total. The molecule has 0 radical (unpaired) electrons. The number of hydrogen-bond donors (Lipinski definition) is 1. The van der Waals surface area contributed by atoms with E-state index in [9.17, 15) is 9.59 Å². The van der Waals surface area contributed by atoms with Crippen LogP contribution in [0.1, 0.15) is 42.1 Å². The quantitative estimate of drug-likeness (QED) is 0.629. The number of amides is 1. The fourth-order valence-corrected chi connectivity index (χ4v) is 1.89. The van der Waals surface area contributed by atoms with E-state index in [0.29, 0.717) is 6.54 Å². The first-order valence-corrected chi connectivity index (χ1v) is 6.72. The summed E-state index contributed by atoms with van der Waals surface area (Å²) in [6.45, 7) is 2.17. The summed E-state index contributed by atoms with van der Waals surface area (Å²) in [6.07, 6.45) is 6.93. The normalized spacial score (nSPS) is 14.6. The lowest BCUT2D eigenvalue weighted by atomic mass is 10.0. The van der Waals surface area contributed by atoms with Gasteiger partial charge in [0.2, 0.25) is 5.91 Å². The van der Waals surface area contributed by atoms with Gasteiger partial charge in [-0.3, -0.25) is 9.59 Å². The fraction of sp³-hybridized carbons (Fsp3) is 0.375. The lowest BCUT2D eigenvalue weighted by molar-refractivity contribution is -0.118.